The number of ether oxygens (including phenoxy) is 2. The molecule has 2 rings (SSSR count). The standard InChI is InChI=1S/C21H29NO6S2/c1-4-29(23,24)16-15-28-20-11-13-21(14-12-20)30(25,26)22-17(2)5-6-18-7-9-19(27-3)10-8-18/h7-14,17,22H,4-6,15-16H2,1-3H3. The van der Waals surface area contributed by atoms with E-state index >= 15 is 0 Å². The Labute approximate surface area is 179 Å². The number of rotatable bonds is 12. The molecule has 0 saturated carbocycles. The highest BCUT2D eigenvalue weighted by atomic mass is 32.2. The zero-order valence-electron chi connectivity index (χ0n) is 17.5. The Morgan fingerprint density at radius 1 is 0.933 bits per heavy atom. The molecule has 0 heterocycles. The highest BCUT2D eigenvalue weighted by molar-refractivity contribution is 7.91. The Morgan fingerprint density at radius 2 is 1.53 bits per heavy atom. The molecule has 30 heavy (non-hydrogen) atoms. The highest BCUT2D eigenvalue weighted by Crippen LogP contribution is 2.18. The zero-order chi connectivity index (χ0) is 22.2. The number of nitrogens with one attached hydrogen (secondary N) is 1. The van der Waals surface area contributed by atoms with Gasteiger partial charge in [0.25, 0.3) is 0 Å². The fourth-order valence-corrected chi connectivity index (χ4v) is 4.62. The predicted octanol–water partition coefficient (Wildman–Crippen LogP) is 2.81. The predicted molar refractivity (Wildman–Crippen MR) is 117 cm³/mol. The Morgan fingerprint density at radius 3 is 2.10 bits per heavy atom. The van der Waals surface area contributed by atoms with Crippen LogP contribution in [-0.4, -0.2) is 48.1 Å². The largest absolute Gasteiger partial charge is 0.497 e. The van der Waals surface area contributed by atoms with Crippen molar-refractivity contribution < 1.29 is 26.3 Å². The van der Waals surface area contributed by atoms with E-state index < -0.39 is 19.9 Å². The zero-order valence-corrected chi connectivity index (χ0v) is 19.1. The van der Waals surface area contributed by atoms with E-state index in [0.29, 0.717) is 12.2 Å². The number of hydrogen-bond donors (Lipinski definition) is 1. The van der Waals surface area contributed by atoms with Gasteiger partial charge in [-0.25, -0.2) is 21.6 Å². The summed E-state index contributed by atoms with van der Waals surface area (Å²) in [6, 6.07) is 13.4. The lowest BCUT2D eigenvalue weighted by Gasteiger charge is -2.15. The molecule has 0 amide bonds. The molecule has 0 aliphatic carbocycles. The smallest absolute Gasteiger partial charge is 0.240 e. The minimum absolute atomic E-state index is 0.0307. The van der Waals surface area contributed by atoms with Crippen molar-refractivity contribution in [1.82, 2.24) is 4.72 Å². The second kappa shape index (κ2) is 10.8. The molecule has 0 aliphatic rings. The second-order valence-electron chi connectivity index (χ2n) is 6.97. The quantitative estimate of drug-likeness (QED) is 0.528. The van der Waals surface area contributed by atoms with Crippen molar-refractivity contribution in [3.63, 3.8) is 0 Å². The third kappa shape index (κ3) is 7.62. The summed E-state index contributed by atoms with van der Waals surface area (Å²) < 4.78 is 61.3. The van der Waals surface area contributed by atoms with Crippen molar-refractivity contribution in [2.45, 2.75) is 37.6 Å². The van der Waals surface area contributed by atoms with E-state index in [1.54, 1.807) is 14.0 Å². The minimum Gasteiger partial charge on any atom is -0.497 e. The lowest BCUT2D eigenvalue weighted by atomic mass is 10.1. The van der Waals surface area contributed by atoms with Crippen LogP contribution in [-0.2, 0) is 26.3 Å². The maximum absolute atomic E-state index is 12.6. The highest BCUT2D eigenvalue weighted by Gasteiger charge is 2.17. The van der Waals surface area contributed by atoms with Crippen LogP contribution in [0.2, 0.25) is 0 Å². The fraction of sp³-hybridized carbons (Fsp3) is 0.429. The van der Waals surface area contributed by atoms with E-state index in [0.717, 1.165) is 17.7 Å². The van der Waals surface area contributed by atoms with Gasteiger partial charge in [-0.05, 0) is 61.7 Å². The summed E-state index contributed by atoms with van der Waals surface area (Å²) in [4.78, 5) is 0.132. The van der Waals surface area contributed by atoms with Gasteiger partial charge in [0, 0.05) is 11.8 Å². The van der Waals surface area contributed by atoms with Gasteiger partial charge >= 0.3 is 0 Å². The first kappa shape index (κ1) is 24.2. The Kier molecular flexibility index (Phi) is 8.69. The van der Waals surface area contributed by atoms with Crippen LogP contribution >= 0.6 is 0 Å². The molecule has 0 radical (unpaired) electrons. The van der Waals surface area contributed by atoms with Crippen LogP contribution in [0.5, 0.6) is 11.5 Å². The van der Waals surface area contributed by atoms with Crippen LogP contribution in [0.15, 0.2) is 53.4 Å². The number of benzene rings is 2. The summed E-state index contributed by atoms with van der Waals surface area (Å²) in [5, 5.41) is 0. The lowest BCUT2D eigenvalue weighted by Crippen LogP contribution is -2.32. The summed E-state index contributed by atoms with van der Waals surface area (Å²) in [6.45, 7) is 3.44. The van der Waals surface area contributed by atoms with E-state index in [9.17, 15) is 16.8 Å². The number of methoxy groups -OCH3 is 1. The maximum atomic E-state index is 12.6. The molecule has 9 heteroatoms. The number of sulfonamides is 1. The van der Waals surface area contributed by atoms with E-state index in [-0.39, 0.29) is 29.0 Å². The summed E-state index contributed by atoms with van der Waals surface area (Å²) in [7, 11) is -5.15. The van der Waals surface area contributed by atoms with Crippen molar-refractivity contribution in [3.05, 3.63) is 54.1 Å². The first-order valence-electron chi connectivity index (χ1n) is 9.74. The Bertz CT molecular complexity index is 1000. The first-order valence-corrected chi connectivity index (χ1v) is 13.0. The molecule has 0 aromatic heterocycles. The van der Waals surface area contributed by atoms with Crippen LogP contribution in [0.4, 0.5) is 0 Å². The van der Waals surface area contributed by atoms with Gasteiger partial charge in [0.1, 0.15) is 18.1 Å². The van der Waals surface area contributed by atoms with Gasteiger partial charge in [-0.2, -0.15) is 0 Å². The van der Waals surface area contributed by atoms with E-state index in [4.69, 9.17) is 9.47 Å². The number of aryl methyl sites for hydroxylation is 1. The maximum Gasteiger partial charge on any atom is 0.240 e. The molecule has 1 unspecified atom stereocenters. The molecule has 0 aliphatic heterocycles. The van der Waals surface area contributed by atoms with Gasteiger partial charge in [0.2, 0.25) is 10.0 Å². The molecule has 0 fully saturated rings. The van der Waals surface area contributed by atoms with E-state index in [1.165, 1.54) is 24.3 Å². The monoisotopic (exact) mass is 455 g/mol. The average Bonchev–Trinajstić information content (AvgIpc) is 2.72. The lowest BCUT2D eigenvalue weighted by molar-refractivity contribution is 0.340. The van der Waals surface area contributed by atoms with Gasteiger partial charge < -0.3 is 9.47 Å². The summed E-state index contributed by atoms with van der Waals surface area (Å²) >= 11 is 0. The minimum atomic E-state index is -3.66. The molecule has 0 spiro atoms. The van der Waals surface area contributed by atoms with E-state index in [1.807, 2.05) is 31.2 Å². The number of hydrogen-bond acceptors (Lipinski definition) is 6. The van der Waals surface area contributed by atoms with Crippen LogP contribution in [0, 0.1) is 0 Å². The molecule has 2 aromatic rings. The van der Waals surface area contributed by atoms with Gasteiger partial charge in [0.15, 0.2) is 9.84 Å². The van der Waals surface area contributed by atoms with Crippen LogP contribution in [0.1, 0.15) is 25.8 Å². The van der Waals surface area contributed by atoms with Gasteiger partial charge in [-0.1, -0.05) is 19.1 Å². The van der Waals surface area contributed by atoms with Crippen molar-refractivity contribution in [2.24, 2.45) is 0 Å². The molecule has 7 nitrogen and oxygen atoms in total. The summed E-state index contributed by atoms with van der Waals surface area (Å²) in [5.41, 5.74) is 1.11. The van der Waals surface area contributed by atoms with Crippen molar-refractivity contribution >= 4 is 19.9 Å². The first-order chi connectivity index (χ1) is 14.1. The summed E-state index contributed by atoms with van der Waals surface area (Å²) in [6.07, 6.45) is 1.39. The van der Waals surface area contributed by atoms with E-state index in [2.05, 4.69) is 4.72 Å². The molecule has 0 bridgehead atoms. The molecule has 166 valence electrons. The number of sulfone groups is 1. The normalized spacial score (nSPS) is 13.0. The van der Waals surface area contributed by atoms with Crippen molar-refractivity contribution in [3.8, 4) is 11.5 Å². The Hall–Kier alpha value is -2.10. The van der Waals surface area contributed by atoms with Gasteiger partial charge in [-0.15, -0.1) is 0 Å². The third-order valence-electron chi connectivity index (χ3n) is 4.62. The van der Waals surface area contributed by atoms with Crippen LogP contribution < -0.4 is 14.2 Å². The Balaban J connectivity index is 1.87. The third-order valence-corrected chi connectivity index (χ3v) is 7.89. The second-order valence-corrected chi connectivity index (χ2v) is 11.2. The van der Waals surface area contributed by atoms with Crippen LogP contribution in [0.25, 0.3) is 0 Å². The summed E-state index contributed by atoms with van der Waals surface area (Å²) in [5.74, 6) is 1.20. The molecule has 2 aromatic carbocycles. The fourth-order valence-electron chi connectivity index (χ4n) is 2.71. The van der Waals surface area contributed by atoms with Crippen molar-refractivity contribution in [1.29, 1.82) is 0 Å². The molecule has 1 N–H and O–H groups in total. The molecular weight excluding hydrogens is 426 g/mol. The molecular formula is C21H29NO6S2. The van der Waals surface area contributed by atoms with Crippen molar-refractivity contribution in [2.75, 3.05) is 25.2 Å². The van der Waals surface area contributed by atoms with Crippen LogP contribution in [0.3, 0.4) is 0 Å². The SMILES string of the molecule is CCS(=O)(=O)CCOc1ccc(S(=O)(=O)NC(C)CCc2ccc(OC)cc2)cc1. The average molecular weight is 456 g/mol. The molecule has 1 atom stereocenters. The topological polar surface area (TPSA) is 98.8 Å². The van der Waals surface area contributed by atoms with Gasteiger partial charge in [-0.3, -0.25) is 0 Å². The molecule has 0 saturated heterocycles. The van der Waals surface area contributed by atoms with Gasteiger partial charge in [0.05, 0.1) is 17.8 Å².